The van der Waals surface area contributed by atoms with Gasteiger partial charge in [0.05, 0.1) is 12.0 Å². The minimum absolute atomic E-state index is 0.0247. The molecule has 9 heteroatoms. The van der Waals surface area contributed by atoms with Crippen molar-refractivity contribution in [2.24, 2.45) is 0 Å². The zero-order valence-electron chi connectivity index (χ0n) is 20.5. The van der Waals surface area contributed by atoms with E-state index < -0.39 is 10.0 Å². The number of sulfonamides is 1. The second kappa shape index (κ2) is 12.5. The first-order chi connectivity index (χ1) is 16.1. The first kappa shape index (κ1) is 27.3. The van der Waals surface area contributed by atoms with Crippen molar-refractivity contribution in [2.75, 3.05) is 26.7 Å². The van der Waals surface area contributed by atoms with Crippen molar-refractivity contribution in [3.8, 4) is 5.75 Å². The molecule has 0 saturated carbocycles. The highest BCUT2D eigenvalue weighted by Crippen LogP contribution is 2.23. The molecule has 3 rings (SSSR count). The Morgan fingerprint density at radius 1 is 1.12 bits per heavy atom. The molecule has 1 fully saturated rings. The second-order valence-corrected chi connectivity index (χ2v) is 10.4. The van der Waals surface area contributed by atoms with Crippen LogP contribution in [0.5, 0.6) is 5.75 Å². The van der Waals surface area contributed by atoms with Crippen LogP contribution in [0.2, 0.25) is 0 Å². The van der Waals surface area contributed by atoms with Gasteiger partial charge < -0.3 is 15.0 Å². The molecule has 0 aromatic heterocycles. The van der Waals surface area contributed by atoms with E-state index in [0.29, 0.717) is 37.8 Å². The third-order valence-electron chi connectivity index (χ3n) is 5.71. The number of hydrogen-bond acceptors (Lipinski definition) is 5. The Kier molecular flexibility index (Phi) is 10.1. The quantitative estimate of drug-likeness (QED) is 0.603. The number of nitrogens with zero attached hydrogens (tertiary/aromatic N) is 2. The van der Waals surface area contributed by atoms with Gasteiger partial charge >= 0.3 is 0 Å². The summed E-state index contributed by atoms with van der Waals surface area (Å²) in [6.07, 6.45) is 0.719. The van der Waals surface area contributed by atoms with Crippen molar-refractivity contribution in [3.05, 3.63) is 59.7 Å². The third-order valence-corrected chi connectivity index (χ3v) is 7.74. The van der Waals surface area contributed by atoms with Crippen molar-refractivity contribution in [2.45, 2.75) is 51.1 Å². The SMILES string of the molecule is CC(C)c1ccc(CNC=O)cc1.COc1ccc(S(=O)(=O)N2CCN(C(C)=O)CC2C)cc1. The second-order valence-electron chi connectivity index (χ2n) is 8.50. The van der Waals surface area contributed by atoms with E-state index in [1.54, 1.807) is 17.0 Å². The summed E-state index contributed by atoms with van der Waals surface area (Å²) in [4.78, 5) is 23.3. The Morgan fingerprint density at radius 3 is 2.21 bits per heavy atom. The van der Waals surface area contributed by atoms with Crippen LogP contribution in [0, 0.1) is 0 Å². The Balaban J connectivity index is 0.000000270. The van der Waals surface area contributed by atoms with Crippen LogP contribution < -0.4 is 10.1 Å². The summed E-state index contributed by atoms with van der Waals surface area (Å²) in [5, 5.41) is 2.63. The summed E-state index contributed by atoms with van der Waals surface area (Å²) in [6, 6.07) is 14.4. The van der Waals surface area contributed by atoms with E-state index in [4.69, 9.17) is 4.74 Å². The number of hydrogen-bond donors (Lipinski definition) is 1. The van der Waals surface area contributed by atoms with Gasteiger partial charge in [-0.25, -0.2) is 8.42 Å². The molecule has 1 unspecified atom stereocenters. The molecule has 0 aliphatic carbocycles. The fourth-order valence-corrected chi connectivity index (χ4v) is 5.26. The molecule has 34 heavy (non-hydrogen) atoms. The molecule has 0 spiro atoms. The lowest BCUT2D eigenvalue weighted by molar-refractivity contribution is -0.130. The average molecular weight is 490 g/mol. The number of methoxy groups -OCH3 is 1. The molecular weight excluding hydrogens is 454 g/mol. The Hall–Kier alpha value is -2.91. The van der Waals surface area contributed by atoms with E-state index in [0.717, 1.165) is 12.0 Å². The lowest BCUT2D eigenvalue weighted by Gasteiger charge is -2.38. The van der Waals surface area contributed by atoms with Gasteiger partial charge in [0.2, 0.25) is 22.3 Å². The summed E-state index contributed by atoms with van der Waals surface area (Å²) in [7, 11) is -2.01. The smallest absolute Gasteiger partial charge is 0.243 e. The summed E-state index contributed by atoms with van der Waals surface area (Å²) in [5.41, 5.74) is 2.46. The molecule has 1 heterocycles. The zero-order chi connectivity index (χ0) is 25.3. The zero-order valence-corrected chi connectivity index (χ0v) is 21.3. The van der Waals surface area contributed by atoms with Crippen LogP contribution in [0.3, 0.4) is 0 Å². The molecule has 0 bridgehead atoms. The molecule has 2 aromatic carbocycles. The van der Waals surface area contributed by atoms with Gasteiger partial charge in [-0.1, -0.05) is 38.1 Å². The molecule has 1 aliphatic rings. The number of nitrogens with one attached hydrogen (secondary N) is 1. The van der Waals surface area contributed by atoms with E-state index in [1.807, 2.05) is 19.1 Å². The standard InChI is InChI=1S/C14H20N2O4S.C11H15NO/c1-11-10-15(12(2)17)8-9-16(11)21(18,19)14-6-4-13(20-3)5-7-14;1-9(2)11-5-3-10(4-6-11)7-12-8-13/h4-7,11H,8-10H2,1-3H3;3-6,8-9H,7H2,1-2H3,(H,12,13). The molecule has 1 aliphatic heterocycles. The van der Waals surface area contributed by atoms with Crippen LogP contribution in [0.25, 0.3) is 0 Å². The van der Waals surface area contributed by atoms with Gasteiger partial charge in [-0.2, -0.15) is 4.31 Å². The van der Waals surface area contributed by atoms with Crippen molar-refractivity contribution >= 4 is 22.3 Å². The van der Waals surface area contributed by atoms with Gasteiger partial charge in [0.15, 0.2) is 0 Å². The number of ether oxygens (including phenoxy) is 1. The van der Waals surface area contributed by atoms with Crippen LogP contribution >= 0.6 is 0 Å². The Labute approximate surface area is 202 Å². The number of benzene rings is 2. The molecule has 0 radical (unpaired) electrons. The van der Waals surface area contributed by atoms with Crippen molar-refractivity contribution in [1.29, 1.82) is 0 Å². The summed E-state index contributed by atoms with van der Waals surface area (Å²) in [6.45, 7) is 9.42. The highest BCUT2D eigenvalue weighted by molar-refractivity contribution is 7.89. The normalized spacial score (nSPS) is 16.4. The van der Waals surface area contributed by atoms with Gasteiger partial charge in [0, 0.05) is 39.1 Å². The van der Waals surface area contributed by atoms with Gasteiger partial charge in [0.25, 0.3) is 0 Å². The van der Waals surface area contributed by atoms with Crippen molar-refractivity contribution < 1.29 is 22.7 Å². The maximum atomic E-state index is 12.7. The van der Waals surface area contributed by atoms with E-state index in [-0.39, 0.29) is 16.8 Å². The minimum Gasteiger partial charge on any atom is -0.497 e. The minimum atomic E-state index is -3.55. The summed E-state index contributed by atoms with van der Waals surface area (Å²) >= 11 is 0. The molecule has 186 valence electrons. The van der Waals surface area contributed by atoms with Crippen LogP contribution in [0.15, 0.2) is 53.4 Å². The van der Waals surface area contributed by atoms with Gasteiger partial charge in [-0.3, -0.25) is 9.59 Å². The molecule has 2 aromatic rings. The van der Waals surface area contributed by atoms with E-state index in [2.05, 4.69) is 31.3 Å². The summed E-state index contributed by atoms with van der Waals surface area (Å²) in [5.74, 6) is 1.15. The molecular formula is C25H35N3O5S. The topological polar surface area (TPSA) is 96.0 Å². The van der Waals surface area contributed by atoms with Crippen LogP contribution in [-0.4, -0.2) is 62.7 Å². The van der Waals surface area contributed by atoms with Gasteiger partial charge in [-0.15, -0.1) is 0 Å². The van der Waals surface area contributed by atoms with Crippen LogP contribution in [0.4, 0.5) is 0 Å². The fourth-order valence-electron chi connectivity index (χ4n) is 3.65. The largest absolute Gasteiger partial charge is 0.497 e. The van der Waals surface area contributed by atoms with Crippen molar-refractivity contribution in [3.63, 3.8) is 0 Å². The maximum Gasteiger partial charge on any atom is 0.243 e. The van der Waals surface area contributed by atoms with E-state index in [9.17, 15) is 18.0 Å². The predicted molar refractivity (Wildman–Crippen MR) is 132 cm³/mol. The number of carbonyl (C=O) groups excluding carboxylic acids is 2. The number of rotatable bonds is 7. The van der Waals surface area contributed by atoms with Gasteiger partial charge in [0.1, 0.15) is 5.75 Å². The Morgan fingerprint density at radius 2 is 1.74 bits per heavy atom. The first-order valence-electron chi connectivity index (χ1n) is 11.3. The highest BCUT2D eigenvalue weighted by atomic mass is 32.2. The molecule has 1 atom stereocenters. The maximum absolute atomic E-state index is 12.7. The van der Waals surface area contributed by atoms with E-state index in [1.165, 1.54) is 36.0 Å². The lowest BCUT2D eigenvalue weighted by Crippen LogP contribution is -2.54. The molecule has 8 nitrogen and oxygen atoms in total. The Bertz CT molecular complexity index is 1040. The monoisotopic (exact) mass is 489 g/mol. The number of piperazine rings is 1. The van der Waals surface area contributed by atoms with Crippen LogP contribution in [-0.2, 0) is 26.2 Å². The van der Waals surface area contributed by atoms with E-state index >= 15 is 0 Å². The molecule has 1 N–H and O–H groups in total. The molecule has 2 amide bonds. The number of amides is 2. The fraction of sp³-hybridized carbons (Fsp3) is 0.440. The third kappa shape index (κ3) is 7.30. The highest BCUT2D eigenvalue weighted by Gasteiger charge is 2.34. The first-order valence-corrected chi connectivity index (χ1v) is 12.7. The average Bonchev–Trinajstić information content (AvgIpc) is 2.83. The van der Waals surface area contributed by atoms with Crippen molar-refractivity contribution in [1.82, 2.24) is 14.5 Å². The molecule has 1 saturated heterocycles. The van der Waals surface area contributed by atoms with Crippen LogP contribution in [0.1, 0.15) is 44.7 Å². The predicted octanol–water partition coefficient (Wildman–Crippen LogP) is 2.99. The summed E-state index contributed by atoms with van der Waals surface area (Å²) < 4.78 is 31.8. The number of carbonyl (C=O) groups is 2. The van der Waals surface area contributed by atoms with Gasteiger partial charge in [-0.05, 0) is 48.2 Å². The lowest BCUT2D eigenvalue weighted by atomic mass is 10.0.